The molecule has 7 nitrogen and oxygen atoms in total. The van der Waals surface area contributed by atoms with Gasteiger partial charge >= 0.3 is 5.97 Å². The lowest BCUT2D eigenvalue weighted by molar-refractivity contribution is -0.134. The first kappa shape index (κ1) is 18.6. The third kappa shape index (κ3) is 4.69. The number of aromatic hydroxyl groups is 1. The molecule has 0 bridgehead atoms. The summed E-state index contributed by atoms with van der Waals surface area (Å²) in [5, 5.41) is 9.23. The van der Waals surface area contributed by atoms with Gasteiger partial charge in [-0.3, -0.25) is 4.79 Å². The molecule has 1 N–H and O–H groups in total. The molecule has 3 rings (SSSR count). The molecule has 0 aromatic heterocycles. The van der Waals surface area contributed by atoms with Gasteiger partial charge in [0.2, 0.25) is 0 Å². The van der Waals surface area contributed by atoms with Gasteiger partial charge in [-0.2, -0.15) is 0 Å². The van der Waals surface area contributed by atoms with Gasteiger partial charge in [0.05, 0.1) is 12.7 Å². The zero-order chi connectivity index (χ0) is 19.2. The molecule has 0 spiro atoms. The number of hydrogen-bond acceptors (Lipinski definition) is 6. The van der Waals surface area contributed by atoms with Gasteiger partial charge in [0.1, 0.15) is 11.5 Å². The Morgan fingerprint density at radius 1 is 0.963 bits per heavy atom. The predicted octanol–water partition coefficient (Wildman–Crippen LogP) is 1.91. The second-order valence-electron chi connectivity index (χ2n) is 6.19. The van der Waals surface area contributed by atoms with E-state index in [2.05, 4.69) is 4.90 Å². The number of amides is 1. The number of phenolic OH excluding ortho intramolecular Hbond substituents is 1. The van der Waals surface area contributed by atoms with E-state index in [0.29, 0.717) is 31.7 Å². The van der Waals surface area contributed by atoms with E-state index in [0.717, 1.165) is 11.4 Å². The topological polar surface area (TPSA) is 79.3 Å². The van der Waals surface area contributed by atoms with Crippen LogP contribution in [0.1, 0.15) is 10.4 Å². The van der Waals surface area contributed by atoms with Crippen molar-refractivity contribution in [1.29, 1.82) is 0 Å². The number of rotatable bonds is 5. The summed E-state index contributed by atoms with van der Waals surface area (Å²) in [4.78, 5) is 28.1. The number of phenols is 1. The first-order chi connectivity index (χ1) is 13.1. The quantitative estimate of drug-likeness (QED) is 0.810. The van der Waals surface area contributed by atoms with Crippen molar-refractivity contribution in [3.05, 3.63) is 54.1 Å². The zero-order valence-electron chi connectivity index (χ0n) is 15.1. The Morgan fingerprint density at radius 3 is 2.19 bits per heavy atom. The number of benzene rings is 2. The molecule has 1 heterocycles. The molecule has 27 heavy (non-hydrogen) atoms. The Labute approximate surface area is 157 Å². The molecule has 142 valence electrons. The van der Waals surface area contributed by atoms with E-state index in [1.54, 1.807) is 12.0 Å². The standard InChI is InChI=1S/C20H22N2O5/c1-26-18-8-4-16(5-9-18)21-10-12-22(13-11-21)19(24)14-27-20(25)15-2-6-17(23)7-3-15/h2-9,23H,10-14H2,1H3. The van der Waals surface area contributed by atoms with Crippen LogP contribution in [0.2, 0.25) is 0 Å². The Balaban J connectivity index is 1.46. The third-order valence-corrected chi connectivity index (χ3v) is 4.50. The number of carbonyl (C=O) groups excluding carboxylic acids is 2. The summed E-state index contributed by atoms with van der Waals surface area (Å²) < 4.78 is 10.2. The SMILES string of the molecule is COc1ccc(N2CCN(C(=O)COC(=O)c3ccc(O)cc3)CC2)cc1. The van der Waals surface area contributed by atoms with Crippen molar-refractivity contribution in [2.24, 2.45) is 0 Å². The lowest BCUT2D eigenvalue weighted by Gasteiger charge is -2.36. The second-order valence-corrected chi connectivity index (χ2v) is 6.19. The normalized spacial score (nSPS) is 14.0. The maximum absolute atomic E-state index is 12.3. The van der Waals surface area contributed by atoms with Gasteiger partial charge in [-0.25, -0.2) is 4.79 Å². The molecular weight excluding hydrogens is 348 g/mol. The minimum absolute atomic E-state index is 0.0670. The van der Waals surface area contributed by atoms with E-state index >= 15 is 0 Å². The van der Waals surface area contributed by atoms with E-state index in [9.17, 15) is 14.7 Å². The number of carbonyl (C=O) groups is 2. The highest BCUT2D eigenvalue weighted by atomic mass is 16.5. The molecule has 1 saturated heterocycles. The summed E-state index contributed by atoms with van der Waals surface area (Å²) in [5.41, 5.74) is 1.38. The van der Waals surface area contributed by atoms with E-state index in [1.165, 1.54) is 24.3 Å². The van der Waals surface area contributed by atoms with E-state index < -0.39 is 5.97 Å². The second kappa shape index (κ2) is 8.44. The lowest BCUT2D eigenvalue weighted by Crippen LogP contribution is -2.49. The molecule has 1 aliphatic heterocycles. The summed E-state index contributed by atoms with van der Waals surface area (Å²) in [6, 6.07) is 13.5. The molecule has 0 aliphatic carbocycles. The summed E-state index contributed by atoms with van der Waals surface area (Å²) in [6.45, 7) is 2.28. The van der Waals surface area contributed by atoms with Gasteiger partial charge in [0, 0.05) is 31.9 Å². The molecule has 0 atom stereocenters. The number of ether oxygens (including phenoxy) is 2. The molecule has 1 aliphatic rings. The van der Waals surface area contributed by atoms with E-state index in [-0.39, 0.29) is 18.3 Å². The first-order valence-corrected chi connectivity index (χ1v) is 8.70. The molecule has 0 saturated carbocycles. The molecule has 1 amide bonds. The Bertz CT molecular complexity index is 781. The van der Waals surface area contributed by atoms with Crippen molar-refractivity contribution in [2.45, 2.75) is 0 Å². The highest BCUT2D eigenvalue weighted by Crippen LogP contribution is 2.20. The maximum atomic E-state index is 12.3. The number of hydrogen-bond donors (Lipinski definition) is 1. The number of nitrogens with zero attached hydrogens (tertiary/aromatic N) is 2. The predicted molar refractivity (Wildman–Crippen MR) is 100 cm³/mol. The number of anilines is 1. The van der Waals surface area contributed by atoms with Gasteiger partial charge in [-0.15, -0.1) is 0 Å². The van der Waals surface area contributed by atoms with Gasteiger partial charge < -0.3 is 24.4 Å². The van der Waals surface area contributed by atoms with Gasteiger partial charge in [-0.1, -0.05) is 0 Å². The molecule has 1 fully saturated rings. The summed E-state index contributed by atoms with van der Waals surface area (Å²) >= 11 is 0. The average molecular weight is 370 g/mol. The van der Waals surface area contributed by atoms with Gasteiger partial charge in [-0.05, 0) is 48.5 Å². The molecule has 2 aromatic carbocycles. The average Bonchev–Trinajstić information content (AvgIpc) is 2.72. The summed E-state index contributed by atoms with van der Waals surface area (Å²) in [5.74, 6) is 0.0806. The van der Waals surface area contributed by atoms with Crippen molar-refractivity contribution in [2.75, 3.05) is 44.8 Å². The number of piperazine rings is 1. The maximum Gasteiger partial charge on any atom is 0.338 e. The fraction of sp³-hybridized carbons (Fsp3) is 0.300. The largest absolute Gasteiger partial charge is 0.508 e. The van der Waals surface area contributed by atoms with Crippen LogP contribution in [0, 0.1) is 0 Å². The third-order valence-electron chi connectivity index (χ3n) is 4.50. The van der Waals surface area contributed by atoms with Crippen LogP contribution in [-0.4, -0.2) is 61.8 Å². The van der Waals surface area contributed by atoms with Crippen LogP contribution in [0.25, 0.3) is 0 Å². The summed E-state index contributed by atoms with van der Waals surface area (Å²) in [6.07, 6.45) is 0. The Morgan fingerprint density at radius 2 is 1.59 bits per heavy atom. The van der Waals surface area contributed by atoms with Crippen LogP contribution in [0.3, 0.4) is 0 Å². The highest BCUT2D eigenvalue weighted by molar-refractivity contribution is 5.91. The van der Waals surface area contributed by atoms with E-state index in [1.807, 2.05) is 24.3 Å². The summed E-state index contributed by atoms with van der Waals surface area (Å²) in [7, 11) is 1.63. The van der Waals surface area contributed by atoms with Gasteiger partial charge in [0.25, 0.3) is 5.91 Å². The van der Waals surface area contributed by atoms with Crippen molar-refractivity contribution in [1.82, 2.24) is 4.90 Å². The van der Waals surface area contributed by atoms with Crippen LogP contribution >= 0.6 is 0 Å². The van der Waals surface area contributed by atoms with Crippen LogP contribution in [0.4, 0.5) is 5.69 Å². The molecule has 0 unspecified atom stereocenters. The van der Waals surface area contributed by atoms with Crippen LogP contribution < -0.4 is 9.64 Å². The first-order valence-electron chi connectivity index (χ1n) is 8.70. The Kier molecular flexibility index (Phi) is 5.80. The Hall–Kier alpha value is -3.22. The van der Waals surface area contributed by atoms with Crippen molar-refractivity contribution < 1.29 is 24.2 Å². The number of esters is 1. The number of methoxy groups -OCH3 is 1. The molecular formula is C20H22N2O5. The van der Waals surface area contributed by atoms with Crippen LogP contribution in [0.15, 0.2) is 48.5 Å². The lowest BCUT2D eigenvalue weighted by atomic mass is 10.2. The monoisotopic (exact) mass is 370 g/mol. The fourth-order valence-electron chi connectivity index (χ4n) is 2.91. The van der Waals surface area contributed by atoms with E-state index in [4.69, 9.17) is 9.47 Å². The minimum Gasteiger partial charge on any atom is -0.508 e. The van der Waals surface area contributed by atoms with Crippen molar-refractivity contribution in [3.63, 3.8) is 0 Å². The smallest absolute Gasteiger partial charge is 0.338 e. The van der Waals surface area contributed by atoms with Crippen LogP contribution in [-0.2, 0) is 9.53 Å². The molecule has 2 aromatic rings. The zero-order valence-corrected chi connectivity index (χ0v) is 15.1. The minimum atomic E-state index is -0.583. The van der Waals surface area contributed by atoms with Crippen LogP contribution in [0.5, 0.6) is 11.5 Å². The van der Waals surface area contributed by atoms with Gasteiger partial charge in [0.15, 0.2) is 6.61 Å². The van der Waals surface area contributed by atoms with Crippen molar-refractivity contribution >= 4 is 17.6 Å². The highest BCUT2D eigenvalue weighted by Gasteiger charge is 2.22. The van der Waals surface area contributed by atoms with Crippen molar-refractivity contribution in [3.8, 4) is 11.5 Å². The fourth-order valence-corrected chi connectivity index (χ4v) is 2.91. The molecule has 0 radical (unpaired) electrons. The molecule has 7 heteroatoms.